The van der Waals surface area contributed by atoms with Crippen molar-refractivity contribution < 1.29 is 4.74 Å². The Morgan fingerprint density at radius 1 is 0.639 bits per heavy atom. The Balaban J connectivity index is 1.26. The van der Waals surface area contributed by atoms with Crippen molar-refractivity contribution in [3.8, 4) is 16.9 Å². The van der Waals surface area contributed by atoms with Gasteiger partial charge in [-0.3, -0.25) is 0 Å². The van der Waals surface area contributed by atoms with Crippen molar-refractivity contribution in [1.29, 1.82) is 0 Å². The third-order valence-electron chi connectivity index (χ3n) is 7.67. The molecule has 0 saturated heterocycles. The fourth-order valence-electron chi connectivity index (χ4n) is 5.27. The molecule has 190 valence electrons. The molecule has 4 rings (SSSR count). The van der Waals surface area contributed by atoms with E-state index in [2.05, 4.69) is 98.8 Å². The largest absolute Gasteiger partial charge is 0.489 e. The third kappa shape index (κ3) is 7.85. The average molecular weight is 481 g/mol. The Kier molecular flexibility index (Phi) is 10.3. The first kappa shape index (κ1) is 26.3. The summed E-state index contributed by atoms with van der Waals surface area (Å²) in [6, 6.07) is 26.6. The summed E-state index contributed by atoms with van der Waals surface area (Å²) < 4.78 is 6.03. The molecule has 36 heavy (non-hydrogen) atoms. The second kappa shape index (κ2) is 14.1. The second-order valence-electron chi connectivity index (χ2n) is 10.5. The molecule has 0 bridgehead atoms. The Labute approximate surface area is 219 Å². The topological polar surface area (TPSA) is 9.23 Å². The van der Waals surface area contributed by atoms with Gasteiger partial charge in [-0.1, -0.05) is 119 Å². The first-order valence-corrected chi connectivity index (χ1v) is 14.3. The molecule has 0 spiro atoms. The van der Waals surface area contributed by atoms with Gasteiger partial charge in [0.15, 0.2) is 0 Å². The molecule has 0 N–H and O–H groups in total. The van der Waals surface area contributed by atoms with Gasteiger partial charge >= 0.3 is 0 Å². The zero-order valence-corrected chi connectivity index (χ0v) is 22.4. The number of aryl methyl sites for hydroxylation is 1. The van der Waals surface area contributed by atoms with E-state index in [1.807, 2.05) is 0 Å². The van der Waals surface area contributed by atoms with Crippen LogP contribution in [0, 0.1) is 5.92 Å². The monoisotopic (exact) mass is 480 g/mol. The van der Waals surface area contributed by atoms with Gasteiger partial charge in [0.1, 0.15) is 12.4 Å². The zero-order chi connectivity index (χ0) is 25.0. The van der Waals surface area contributed by atoms with Gasteiger partial charge in [0.05, 0.1) is 0 Å². The van der Waals surface area contributed by atoms with Gasteiger partial charge in [0.2, 0.25) is 0 Å². The van der Waals surface area contributed by atoms with Crippen LogP contribution >= 0.6 is 0 Å². The van der Waals surface area contributed by atoms with E-state index >= 15 is 0 Å². The van der Waals surface area contributed by atoms with E-state index in [0.29, 0.717) is 12.5 Å². The standard InChI is InChI=1S/C35H44O/c1-3-5-7-9-28-11-17-31(18-12-28)33-21-23-34(24-22-33)32-19-13-30(14-20-32)27-36-35-25-15-29(16-26-35)10-8-6-4-2/h11,13-17,19-26,28,31H,3-10,12,18,27H2,1-2H3. The maximum atomic E-state index is 6.03. The SMILES string of the molecule is CCCCCc1ccc(OCc2ccc(-c3ccc(C4C=CC(CCCCC)CC4)cc3)cc2)cc1. The van der Waals surface area contributed by atoms with E-state index in [9.17, 15) is 0 Å². The van der Waals surface area contributed by atoms with Crippen molar-refractivity contribution in [3.05, 3.63) is 102 Å². The molecular weight excluding hydrogens is 436 g/mol. The highest BCUT2D eigenvalue weighted by Gasteiger charge is 2.17. The molecule has 1 aliphatic rings. The minimum Gasteiger partial charge on any atom is -0.489 e. The Hall–Kier alpha value is -2.80. The van der Waals surface area contributed by atoms with Crippen molar-refractivity contribution in [2.24, 2.45) is 5.92 Å². The minimum atomic E-state index is 0.575. The third-order valence-corrected chi connectivity index (χ3v) is 7.67. The summed E-state index contributed by atoms with van der Waals surface area (Å²) in [7, 11) is 0. The Bertz CT molecular complexity index is 1040. The highest BCUT2D eigenvalue weighted by Crippen LogP contribution is 2.33. The summed E-state index contributed by atoms with van der Waals surface area (Å²) in [6.07, 6.45) is 18.0. The summed E-state index contributed by atoms with van der Waals surface area (Å²) in [5, 5.41) is 0. The van der Waals surface area contributed by atoms with Crippen molar-refractivity contribution >= 4 is 0 Å². The molecule has 1 aliphatic carbocycles. The van der Waals surface area contributed by atoms with Crippen LogP contribution in [-0.4, -0.2) is 0 Å². The van der Waals surface area contributed by atoms with Gasteiger partial charge in [-0.2, -0.15) is 0 Å². The molecule has 0 aromatic heterocycles. The van der Waals surface area contributed by atoms with E-state index in [1.165, 1.54) is 85.6 Å². The normalized spacial score (nSPS) is 17.3. The summed E-state index contributed by atoms with van der Waals surface area (Å²) in [5.41, 5.74) is 6.59. The summed E-state index contributed by atoms with van der Waals surface area (Å²) >= 11 is 0. The molecule has 0 amide bonds. The molecule has 0 fully saturated rings. The summed E-state index contributed by atoms with van der Waals surface area (Å²) in [4.78, 5) is 0. The van der Waals surface area contributed by atoms with Crippen LogP contribution in [0.1, 0.15) is 94.2 Å². The van der Waals surface area contributed by atoms with Crippen LogP contribution in [0.2, 0.25) is 0 Å². The van der Waals surface area contributed by atoms with Crippen LogP contribution < -0.4 is 4.74 Å². The van der Waals surface area contributed by atoms with Crippen LogP contribution in [0.4, 0.5) is 0 Å². The first-order valence-electron chi connectivity index (χ1n) is 14.3. The lowest BCUT2D eigenvalue weighted by atomic mass is 9.82. The van der Waals surface area contributed by atoms with Crippen LogP contribution in [0.15, 0.2) is 84.9 Å². The number of unbranched alkanes of at least 4 members (excludes halogenated alkanes) is 4. The van der Waals surface area contributed by atoms with E-state index in [1.54, 1.807) is 0 Å². The van der Waals surface area contributed by atoms with E-state index in [4.69, 9.17) is 4.74 Å². The average Bonchev–Trinajstić information content (AvgIpc) is 2.94. The van der Waals surface area contributed by atoms with Gasteiger partial charge in [-0.05, 0) is 78.0 Å². The summed E-state index contributed by atoms with van der Waals surface area (Å²) in [6.45, 7) is 5.13. The molecule has 1 heteroatoms. The quantitative estimate of drug-likeness (QED) is 0.175. The molecule has 3 aromatic rings. The zero-order valence-electron chi connectivity index (χ0n) is 22.4. The fourth-order valence-corrected chi connectivity index (χ4v) is 5.27. The summed E-state index contributed by atoms with van der Waals surface area (Å²) in [5.74, 6) is 2.31. The molecule has 2 atom stereocenters. The van der Waals surface area contributed by atoms with Crippen LogP contribution in [0.3, 0.4) is 0 Å². The molecular formula is C35H44O. The van der Waals surface area contributed by atoms with Crippen LogP contribution in [0.5, 0.6) is 5.75 Å². The second-order valence-corrected chi connectivity index (χ2v) is 10.5. The van der Waals surface area contributed by atoms with Crippen LogP contribution in [-0.2, 0) is 13.0 Å². The van der Waals surface area contributed by atoms with Gasteiger partial charge in [0.25, 0.3) is 0 Å². The van der Waals surface area contributed by atoms with Crippen molar-refractivity contribution in [2.45, 2.75) is 90.6 Å². The number of hydrogen-bond acceptors (Lipinski definition) is 1. The lowest BCUT2D eigenvalue weighted by molar-refractivity contribution is 0.306. The number of rotatable bonds is 13. The Morgan fingerprint density at radius 2 is 1.28 bits per heavy atom. The molecule has 0 aliphatic heterocycles. The van der Waals surface area contributed by atoms with Gasteiger partial charge in [-0.15, -0.1) is 0 Å². The first-order chi connectivity index (χ1) is 17.7. The number of allylic oxidation sites excluding steroid dienone is 2. The Morgan fingerprint density at radius 3 is 1.92 bits per heavy atom. The molecule has 1 nitrogen and oxygen atoms in total. The van der Waals surface area contributed by atoms with E-state index in [0.717, 1.165) is 18.1 Å². The predicted octanol–water partition coefficient (Wildman–Crippen LogP) is 10.3. The fraction of sp³-hybridized carbons (Fsp3) is 0.429. The molecule has 2 unspecified atom stereocenters. The maximum absolute atomic E-state index is 6.03. The lowest BCUT2D eigenvalue weighted by Gasteiger charge is -2.23. The molecule has 0 heterocycles. The molecule has 0 radical (unpaired) electrons. The lowest BCUT2D eigenvalue weighted by Crippen LogP contribution is -2.07. The van der Waals surface area contributed by atoms with E-state index < -0.39 is 0 Å². The minimum absolute atomic E-state index is 0.575. The van der Waals surface area contributed by atoms with Gasteiger partial charge in [0, 0.05) is 5.92 Å². The van der Waals surface area contributed by atoms with Gasteiger partial charge in [-0.25, -0.2) is 0 Å². The maximum Gasteiger partial charge on any atom is 0.119 e. The molecule has 3 aromatic carbocycles. The van der Waals surface area contributed by atoms with E-state index in [-0.39, 0.29) is 0 Å². The number of benzene rings is 3. The molecule has 0 saturated carbocycles. The smallest absolute Gasteiger partial charge is 0.119 e. The van der Waals surface area contributed by atoms with Crippen molar-refractivity contribution in [3.63, 3.8) is 0 Å². The number of ether oxygens (including phenoxy) is 1. The van der Waals surface area contributed by atoms with Gasteiger partial charge < -0.3 is 4.74 Å². The van der Waals surface area contributed by atoms with Crippen molar-refractivity contribution in [2.75, 3.05) is 0 Å². The van der Waals surface area contributed by atoms with Crippen molar-refractivity contribution in [1.82, 2.24) is 0 Å². The highest BCUT2D eigenvalue weighted by atomic mass is 16.5. The van der Waals surface area contributed by atoms with Crippen LogP contribution in [0.25, 0.3) is 11.1 Å². The number of hydrogen-bond donors (Lipinski definition) is 0. The highest BCUT2D eigenvalue weighted by molar-refractivity contribution is 5.64. The predicted molar refractivity (Wildman–Crippen MR) is 155 cm³/mol.